The van der Waals surface area contributed by atoms with E-state index >= 15 is 0 Å². The van der Waals surface area contributed by atoms with Crippen molar-refractivity contribution in [2.24, 2.45) is 7.05 Å². The molecule has 2 rings (SSSR count). The van der Waals surface area contributed by atoms with E-state index in [1.165, 1.54) is 0 Å². The Hall–Kier alpha value is -2.00. The highest BCUT2D eigenvalue weighted by atomic mass is 32.1. The van der Waals surface area contributed by atoms with Crippen LogP contribution in [0.15, 0.2) is 12.3 Å². The molecule has 0 aliphatic heterocycles. The Kier molecular flexibility index (Phi) is 8.50. The molecule has 0 fully saturated rings. The summed E-state index contributed by atoms with van der Waals surface area (Å²) >= 11 is 0. The second kappa shape index (κ2) is 10.1. The molecule has 0 unspecified atom stereocenters. The van der Waals surface area contributed by atoms with Crippen molar-refractivity contribution in [3.8, 4) is 5.75 Å². The van der Waals surface area contributed by atoms with Crippen molar-refractivity contribution in [1.29, 1.82) is 0 Å². The summed E-state index contributed by atoms with van der Waals surface area (Å²) in [4.78, 5) is 8.20. The molecule has 0 amide bonds. The maximum absolute atomic E-state index is 9.53. The summed E-state index contributed by atoms with van der Waals surface area (Å²) in [7, 11) is 1.87. The average Bonchev–Trinajstić information content (AvgIpc) is 2.88. The molecule has 0 aromatic carbocycles. The maximum Gasteiger partial charge on any atom is 0.222 e. The van der Waals surface area contributed by atoms with E-state index < -0.39 is 0 Å². The first-order valence-electron chi connectivity index (χ1n) is 8.15. The smallest absolute Gasteiger partial charge is 0.222 e. The lowest BCUT2D eigenvalue weighted by Crippen LogP contribution is -2.25. The van der Waals surface area contributed by atoms with Gasteiger partial charge in [-0.05, 0) is 19.4 Å². The molecule has 2 aromatic rings. The highest BCUT2D eigenvalue weighted by Gasteiger charge is 2.14. The van der Waals surface area contributed by atoms with Crippen LogP contribution >= 0.6 is 13.5 Å². The lowest BCUT2D eigenvalue weighted by Gasteiger charge is -2.19. The topological polar surface area (TPSA) is 111 Å². The lowest BCUT2D eigenvalue weighted by atomic mass is 10.1. The van der Waals surface area contributed by atoms with E-state index in [0.717, 1.165) is 30.7 Å². The van der Waals surface area contributed by atoms with Crippen molar-refractivity contribution in [3.05, 3.63) is 23.7 Å². The zero-order chi connectivity index (χ0) is 17.5. The normalized spacial score (nSPS) is 11.7. The van der Waals surface area contributed by atoms with E-state index in [0.29, 0.717) is 18.2 Å². The largest absolute Gasteiger partial charge is 0.482 e. The molecule has 0 spiro atoms. The van der Waals surface area contributed by atoms with Gasteiger partial charge in [0, 0.05) is 7.05 Å². The molecular weight excluding hydrogens is 340 g/mol. The fourth-order valence-electron chi connectivity index (χ4n) is 2.40. The Morgan fingerprint density at radius 2 is 2.20 bits per heavy atom. The third-order valence-electron chi connectivity index (χ3n) is 3.72. The van der Waals surface area contributed by atoms with Gasteiger partial charge >= 0.3 is 0 Å². The van der Waals surface area contributed by atoms with Crippen LogP contribution in [0.3, 0.4) is 0 Å². The molecule has 0 saturated heterocycles. The fraction of sp³-hybridized carbons (Fsp3) is 0.562. The van der Waals surface area contributed by atoms with Gasteiger partial charge in [0.1, 0.15) is 6.61 Å². The predicted octanol–water partition coefficient (Wildman–Crippen LogP) is 1.76. The number of hydrogen-bond acceptors (Lipinski definition) is 7. The number of rotatable bonds is 9. The second-order valence-corrected chi connectivity index (χ2v) is 5.80. The summed E-state index contributed by atoms with van der Waals surface area (Å²) in [5.74, 6) is 1.16. The summed E-state index contributed by atoms with van der Waals surface area (Å²) in [5.41, 5.74) is 7.56. The van der Waals surface area contributed by atoms with Gasteiger partial charge in [0.15, 0.2) is 11.6 Å². The molecule has 0 aliphatic carbocycles. The van der Waals surface area contributed by atoms with Gasteiger partial charge in [0.2, 0.25) is 5.95 Å². The monoisotopic (exact) mass is 368 g/mol. The van der Waals surface area contributed by atoms with E-state index in [-0.39, 0.29) is 32.1 Å². The summed E-state index contributed by atoms with van der Waals surface area (Å²) in [6, 6.07) is 1.86. The zero-order valence-corrected chi connectivity index (χ0v) is 16.0. The Bertz CT molecular complexity index is 664. The van der Waals surface area contributed by atoms with E-state index in [2.05, 4.69) is 27.3 Å². The van der Waals surface area contributed by atoms with Crippen LogP contribution in [0.4, 0.5) is 11.8 Å². The number of nitrogens with one attached hydrogen (secondary N) is 1. The van der Waals surface area contributed by atoms with Gasteiger partial charge < -0.3 is 20.9 Å². The van der Waals surface area contributed by atoms with E-state index in [1.807, 2.05) is 20.0 Å². The molecule has 0 bridgehead atoms. The minimum absolute atomic E-state index is 0. The van der Waals surface area contributed by atoms with Crippen molar-refractivity contribution in [1.82, 2.24) is 19.7 Å². The predicted molar refractivity (Wildman–Crippen MR) is 103 cm³/mol. The van der Waals surface area contributed by atoms with Crippen LogP contribution in [-0.2, 0) is 13.7 Å². The van der Waals surface area contributed by atoms with Gasteiger partial charge in [-0.15, -0.1) is 0 Å². The first-order valence-corrected chi connectivity index (χ1v) is 8.15. The number of unbranched alkanes of at least 4 members (excludes halogenated alkanes) is 1. The number of aliphatic hydroxyl groups excluding tert-OH is 1. The Balaban J connectivity index is 0.00000312. The standard InChI is InChI=1S/C16H26N6O2.H2S/c1-4-5-6-12(9-23)19-15-14(8-18-16(17)20-15)24-10-13-7-11(2)21-22(13)3;/h7-8,12,23H,4-6,9-10H2,1-3H3,(H3,17,18,19,20);1H2/t12-;/m0./s1. The molecule has 25 heavy (non-hydrogen) atoms. The van der Waals surface area contributed by atoms with Crippen LogP contribution in [0, 0.1) is 6.92 Å². The number of nitrogens with zero attached hydrogens (tertiary/aromatic N) is 4. The molecule has 8 nitrogen and oxygen atoms in total. The summed E-state index contributed by atoms with van der Waals surface area (Å²) in [6.45, 7) is 4.41. The third kappa shape index (κ3) is 6.09. The van der Waals surface area contributed by atoms with Crippen LogP contribution in [0.5, 0.6) is 5.75 Å². The van der Waals surface area contributed by atoms with Crippen LogP contribution in [0.1, 0.15) is 37.6 Å². The average molecular weight is 369 g/mol. The highest BCUT2D eigenvalue weighted by molar-refractivity contribution is 7.59. The molecule has 2 heterocycles. The first kappa shape index (κ1) is 21.0. The summed E-state index contributed by atoms with van der Waals surface area (Å²) in [6.07, 6.45) is 4.47. The quantitative estimate of drug-likeness (QED) is 0.618. The maximum atomic E-state index is 9.53. The Labute approximate surface area is 155 Å². The molecule has 9 heteroatoms. The van der Waals surface area contributed by atoms with Gasteiger partial charge in [-0.25, -0.2) is 4.98 Å². The minimum atomic E-state index is -0.0967. The fourth-order valence-corrected chi connectivity index (χ4v) is 2.40. The Morgan fingerprint density at radius 1 is 1.44 bits per heavy atom. The van der Waals surface area contributed by atoms with E-state index in [1.54, 1.807) is 10.9 Å². The molecule has 2 aromatic heterocycles. The molecular formula is C16H28N6O2S. The van der Waals surface area contributed by atoms with Crippen molar-refractivity contribution in [2.45, 2.75) is 45.8 Å². The molecule has 0 saturated carbocycles. The molecule has 0 aliphatic rings. The van der Waals surface area contributed by atoms with Crippen molar-refractivity contribution in [2.75, 3.05) is 17.7 Å². The highest BCUT2D eigenvalue weighted by Crippen LogP contribution is 2.24. The number of aromatic nitrogens is 4. The van der Waals surface area contributed by atoms with Crippen LogP contribution in [-0.4, -0.2) is 37.5 Å². The van der Waals surface area contributed by atoms with Crippen molar-refractivity contribution >= 4 is 25.3 Å². The van der Waals surface area contributed by atoms with E-state index in [4.69, 9.17) is 10.5 Å². The Morgan fingerprint density at radius 3 is 2.80 bits per heavy atom. The summed E-state index contributed by atoms with van der Waals surface area (Å²) < 4.78 is 7.61. The van der Waals surface area contributed by atoms with Crippen molar-refractivity contribution in [3.63, 3.8) is 0 Å². The van der Waals surface area contributed by atoms with Gasteiger partial charge in [-0.3, -0.25) is 4.68 Å². The second-order valence-electron chi connectivity index (χ2n) is 5.80. The van der Waals surface area contributed by atoms with Crippen LogP contribution in [0.2, 0.25) is 0 Å². The SMILES string of the molecule is CCCC[C@@H](CO)Nc1nc(N)ncc1OCc1cc(C)nn1C.S. The number of nitrogen functional groups attached to an aromatic ring is 1. The number of aliphatic hydroxyl groups is 1. The van der Waals surface area contributed by atoms with Crippen LogP contribution < -0.4 is 15.8 Å². The number of nitrogens with two attached hydrogens (primary N) is 1. The number of aryl methyl sites for hydroxylation is 2. The third-order valence-corrected chi connectivity index (χ3v) is 3.72. The lowest BCUT2D eigenvalue weighted by molar-refractivity contribution is 0.265. The summed E-state index contributed by atoms with van der Waals surface area (Å²) in [5, 5.41) is 17.0. The molecule has 0 radical (unpaired) electrons. The first-order chi connectivity index (χ1) is 11.5. The van der Waals surface area contributed by atoms with Crippen molar-refractivity contribution < 1.29 is 9.84 Å². The van der Waals surface area contributed by atoms with E-state index in [9.17, 15) is 5.11 Å². The minimum Gasteiger partial charge on any atom is -0.482 e. The molecule has 140 valence electrons. The van der Waals surface area contributed by atoms with Gasteiger partial charge in [0.05, 0.1) is 30.2 Å². The van der Waals surface area contributed by atoms with Crippen LogP contribution in [0.25, 0.3) is 0 Å². The van der Waals surface area contributed by atoms with Gasteiger partial charge in [-0.2, -0.15) is 23.6 Å². The number of ether oxygens (including phenoxy) is 1. The number of hydrogen-bond donors (Lipinski definition) is 3. The number of anilines is 2. The zero-order valence-electron chi connectivity index (χ0n) is 15.0. The van der Waals surface area contributed by atoms with Gasteiger partial charge in [0.25, 0.3) is 0 Å². The molecule has 1 atom stereocenters. The van der Waals surface area contributed by atoms with Gasteiger partial charge in [-0.1, -0.05) is 19.8 Å². The molecule has 4 N–H and O–H groups in total.